The van der Waals surface area contributed by atoms with Crippen molar-refractivity contribution in [2.75, 3.05) is 13.7 Å². The van der Waals surface area contributed by atoms with Crippen LogP contribution in [0.25, 0.3) is 0 Å². The van der Waals surface area contributed by atoms with E-state index in [9.17, 15) is 19.7 Å². The maximum absolute atomic E-state index is 12.7. The Balaban J connectivity index is 2.20. The molecule has 2 aromatic carbocycles. The Labute approximate surface area is 168 Å². The van der Waals surface area contributed by atoms with E-state index in [1.54, 1.807) is 18.2 Å². The lowest BCUT2D eigenvalue weighted by Crippen LogP contribution is -2.41. The van der Waals surface area contributed by atoms with E-state index in [1.807, 2.05) is 48.5 Å². The topological polar surface area (TPSA) is 95.7 Å². The van der Waals surface area contributed by atoms with Crippen molar-refractivity contribution in [1.82, 2.24) is 0 Å². The van der Waals surface area contributed by atoms with Gasteiger partial charge >= 0.3 is 11.9 Å². The summed E-state index contributed by atoms with van der Waals surface area (Å²) in [5.41, 5.74) is 0.107. The lowest BCUT2D eigenvalue weighted by Gasteiger charge is -2.39. The lowest BCUT2D eigenvalue weighted by molar-refractivity contribution is -0.481. The van der Waals surface area contributed by atoms with Crippen molar-refractivity contribution < 1.29 is 24.0 Å². The first-order chi connectivity index (χ1) is 14.0. The zero-order chi connectivity index (χ0) is 20.9. The van der Waals surface area contributed by atoms with E-state index in [4.69, 9.17) is 9.47 Å². The number of rotatable bonds is 8. The summed E-state index contributed by atoms with van der Waals surface area (Å²) in [5, 5.41) is 11.1. The molecule has 0 fully saturated rings. The fourth-order valence-electron chi connectivity index (χ4n) is 3.88. The molecule has 0 radical (unpaired) electrons. The molecule has 3 rings (SSSR count). The minimum atomic E-state index is -1.28. The summed E-state index contributed by atoms with van der Waals surface area (Å²) in [4.78, 5) is 35.5. The second kappa shape index (κ2) is 8.68. The first-order valence-corrected chi connectivity index (χ1v) is 9.20. The number of carbonyl (C=O) groups is 2. The fourth-order valence-corrected chi connectivity index (χ4v) is 3.88. The van der Waals surface area contributed by atoms with E-state index >= 15 is 0 Å². The Bertz CT molecular complexity index is 911. The molecule has 0 spiro atoms. The van der Waals surface area contributed by atoms with Gasteiger partial charge in [0.25, 0.3) is 0 Å². The molecule has 0 amide bonds. The highest BCUT2D eigenvalue weighted by Crippen LogP contribution is 2.49. The van der Waals surface area contributed by atoms with E-state index in [0.717, 1.165) is 5.56 Å². The van der Waals surface area contributed by atoms with Crippen molar-refractivity contribution in [3.63, 3.8) is 0 Å². The molecule has 29 heavy (non-hydrogen) atoms. The van der Waals surface area contributed by atoms with Crippen LogP contribution < -0.4 is 0 Å². The maximum Gasteiger partial charge on any atom is 0.331 e. The second-order valence-corrected chi connectivity index (χ2v) is 6.78. The van der Waals surface area contributed by atoms with Gasteiger partial charge in [-0.05, 0) is 11.6 Å². The molecule has 0 N–H and O–H groups in total. The molecule has 0 saturated heterocycles. The van der Waals surface area contributed by atoms with Gasteiger partial charge in [-0.1, -0.05) is 60.7 Å². The molecule has 0 bridgehead atoms. The van der Waals surface area contributed by atoms with Crippen molar-refractivity contribution in [3.8, 4) is 0 Å². The van der Waals surface area contributed by atoms with Crippen LogP contribution in [0, 0.1) is 16.0 Å². The van der Waals surface area contributed by atoms with Crippen molar-refractivity contribution in [2.24, 2.45) is 5.92 Å². The lowest BCUT2D eigenvalue weighted by atomic mass is 9.69. The van der Waals surface area contributed by atoms with Crippen molar-refractivity contribution >= 4 is 11.9 Å². The quantitative estimate of drug-likeness (QED) is 0.387. The molecule has 7 nitrogen and oxygen atoms in total. The molecule has 7 heteroatoms. The van der Waals surface area contributed by atoms with Crippen LogP contribution in [0.1, 0.15) is 23.5 Å². The molecule has 1 aliphatic heterocycles. The van der Waals surface area contributed by atoms with Gasteiger partial charge in [0, 0.05) is 28.9 Å². The number of methoxy groups -OCH3 is 1. The summed E-state index contributed by atoms with van der Waals surface area (Å²) in [6.07, 6.45) is 2.90. The van der Waals surface area contributed by atoms with E-state index in [-0.39, 0.29) is 6.42 Å². The first-order valence-electron chi connectivity index (χ1n) is 9.20. The van der Waals surface area contributed by atoms with Crippen molar-refractivity contribution in [3.05, 3.63) is 94.1 Å². The van der Waals surface area contributed by atoms with Gasteiger partial charge in [0.15, 0.2) is 5.60 Å². The number of nitro groups is 1. The Morgan fingerprint density at radius 2 is 1.76 bits per heavy atom. The Kier molecular flexibility index (Phi) is 6.07. The number of carbonyl (C=O) groups excluding carboxylic acids is 2. The van der Waals surface area contributed by atoms with E-state index in [1.165, 1.54) is 13.2 Å². The summed E-state index contributed by atoms with van der Waals surface area (Å²) < 4.78 is 10.8. The molecular weight excluding hydrogens is 374 g/mol. The smallest absolute Gasteiger partial charge is 0.331 e. The van der Waals surface area contributed by atoms with Gasteiger partial charge in [-0.25, -0.2) is 4.79 Å². The van der Waals surface area contributed by atoms with E-state index in [0.29, 0.717) is 5.56 Å². The molecule has 1 aliphatic rings. The third-order valence-corrected chi connectivity index (χ3v) is 5.11. The van der Waals surface area contributed by atoms with Gasteiger partial charge in [0.05, 0.1) is 13.0 Å². The number of cyclic esters (lactones) is 1. The standard InChI is InChI=1S/C22H21NO6/c1-28-21(25)18(13-15-23(26)27)20(16-8-4-2-5-9-16)22(14-12-19(24)29-22)17-10-6-3-7-11-17/h2-12,14,18,20H,13,15H2,1H3. The van der Waals surface area contributed by atoms with Crippen LogP contribution in [-0.4, -0.2) is 30.5 Å². The third kappa shape index (κ3) is 4.18. The summed E-state index contributed by atoms with van der Waals surface area (Å²) in [5.74, 6) is -2.73. The minimum absolute atomic E-state index is 0.0563. The number of hydrogen-bond acceptors (Lipinski definition) is 6. The number of ether oxygens (including phenoxy) is 2. The SMILES string of the molecule is COC(=O)C(CC[N+](=O)[O-])C(c1ccccc1)C1(c2ccccc2)C=CC(=O)O1. The van der Waals surface area contributed by atoms with Crippen LogP contribution in [0.15, 0.2) is 72.8 Å². The van der Waals surface area contributed by atoms with Gasteiger partial charge in [-0.3, -0.25) is 14.9 Å². The molecule has 3 unspecified atom stereocenters. The summed E-state index contributed by atoms with van der Waals surface area (Å²) in [7, 11) is 1.25. The first kappa shape index (κ1) is 20.3. The van der Waals surface area contributed by atoms with Gasteiger partial charge in [-0.2, -0.15) is 0 Å². The molecule has 0 aliphatic carbocycles. The van der Waals surface area contributed by atoms with E-state index < -0.39 is 40.8 Å². The van der Waals surface area contributed by atoms with Gasteiger partial charge in [-0.15, -0.1) is 0 Å². The largest absolute Gasteiger partial charge is 0.469 e. The van der Waals surface area contributed by atoms with E-state index in [2.05, 4.69) is 0 Å². The normalized spacial score (nSPS) is 20.0. The zero-order valence-corrected chi connectivity index (χ0v) is 15.9. The monoisotopic (exact) mass is 395 g/mol. The number of nitrogens with zero attached hydrogens (tertiary/aromatic N) is 1. The molecule has 2 aromatic rings. The Morgan fingerprint density at radius 1 is 1.14 bits per heavy atom. The zero-order valence-electron chi connectivity index (χ0n) is 15.9. The van der Waals surface area contributed by atoms with Crippen LogP contribution in [0.3, 0.4) is 0 Å². The molecule has 3 atom stereocenters. The second-order valence-electron chi connectivity index (χ2n) is 6.78. The summed E-state index contributed by atoms with van der Waals surface area (Å²) in [6, 6.07) is 18.1. The number of hydrogen-bond donors (Lipinski definition) is 0. The van der Waals surface area contributed by atoms with Crippen LogP contribution >= 0.6 is 0 Å². The van der Waals surface area contributed by atoms with Crippen LogP contribution in [0.4, 0.5) is 0 Å². The summed E-state index contributed by atoms with van der Waals surface area (Å²) in [6.45, 7) is -0.411. The average molecular weight is 395 g/mol. The predicted molar refractivity (Wildman–Crippen MR) is 105 cm³/mol. The number of benzene rings is 2. The van der Waals surface area contributed by atoms with Crippen molar-refractivity contribution in [2.45, 2.75) is 17.9 Å². The third-order valence-electron chi connectivity index (χ3n) is 5.11. The average Bonchev–Trinajstić information content (AvgIpc) is 3.14. The Morgan fingerprint density at radius 3 is 2.28 bits per heavy atom. The number of esters is 2. The van der Waals surface area contributed by atoms with Gasteiger partial charge < -0.3 is 9.47 Å². The highest BCUT2D eigenvalue weighted by atomic mass is 16.6. The fraction of sp³-hybridized carbons (Fsp3) is 0.273. The molecule has 1 heterocycles. The highest BCUT2D eigenvalue weighted by molar-refractivity contribution is 5.86. The van der Waals surface area contributed by atoms with Crippen LogP contribution in [0.2, 0.25) is 0 Å². The van der Waals surface area contributed by atoms with Crippen molar-refractivity contribution in [1.29, 1.82) is 0 Å². The summed E-state index contributed by atoms with van der Waals surface area (Å²) >= 11 is 0. The molecule has 150 valence electrons. The van der Waals surface area contributed by atoms with Crippen LogP contribution in [0.5, 0.6) is 0 Å². The molecule has 0 saturated carbocycles. The van der Waals surface area contributed by atoms with Crippen LogP contribution in [-0.2, 0) is 24.7 Å². The van der Waals surface area contributed by atoms with Gasteiger partial charge in [0.2, 0.25) is 6.54 Å². The molecule has 0 aromatic heterocycles. The maximum atomic E-state index is 12.7. The minimum Gasteiger partial charge on any atom is -0.469 e. The highest BCUT2D eigenvalue weighted by Gasteiger charge is 2.51. The Hall–Kier alpha value is -3.48. The van der Waals surface area contributed by atoms with Gasteiger partial charge in [0.1, 0.15) is 0 Å². The molecular formula is C22H21NO6. The predicted octanol–water partition coefficient (Wildman–Crippen LogP) is 3.23.